The van der Waals surface area contributed by atoms with Crippen LogP contribution in [0.1, 0.15) is 29.3 Å². The summed E-state index contributed by atoms with van der Waals surface area (Å²) in [5.41, 5.74) is 4.53. The summed E-state index contributed by atoms with van der Waals surface area (Å²) in [6, 6.07) is 27.6. The van der Waals surface area contributed by atoms with Gasteiger partial charge in [0.1, 0.15) is 0 Å². The van der Waals surface area contributed by atoms with Crippen LogP contribution in [0.2, 0.25) is 0 Å². The van der Waals surface area contributed by atoms with Gasteiger partial charge in [0.25, 0.3) is 0 Å². The smallest absolute Gasteiger partial charge is 0.306 e. The van der Waals surface area contributed by atoms with E-state index in [2.05, 4.69) is 11.5 Å². The van der Waals surface area contributed by atoms with Crippen molar-refractivity contribution in [3.63, 3.8) is 0 Å². The van der Waals surface area contributed by atoms with E-state index in [1.807, 2.05) is 84.9 Å². The molecule has 4 heteroatoms. The number of Topliss-reactive ketones (excluding diaryl/α,β-unsaturated/α-hetero) is 1. The molecular formula is C27H25NO3. The second-order valence-electron chi connectivity index (χ2n) is 7.42. The molecule has 1 aromatic heterocycles. The van der Waals surface area contributed by atoms with Crippen LogP contribution in [0.25, 0.3) is 22.2 Å². The van der Waals surface area contributed by atoms with Gasteiger partial charge >= 0.3 is 5.97 Å². The van der Waals surface area contributed by atoms with Crippen molar-refractivity contribution in [2.45, 2.75) is 26.3 Å². The third kappa shape index (κ3) is 4.43. The highest BCUT2D eigenvalue weighted by atomic mass is 16.5. The van der Waals surface area contributed by atoms with Gasteiger partial charge in [-0.3, -0.25) is 9.59 Å². The van der Waals surface area contributed by atoms with E-state index in [9.17, 15) is 9.59 Å². The molecule has 0 spiro atoms. The molecule has 156 valence electrons. The second-order valence-corrected chi connectivity index (χ2v) is 7.42. The number of nitrogens with zero attached hydrogens (tertiary/aromatic N) is 1. The fraction of sp³-hybridized carbons (Fsp3) is 0.185. The Kier molecular flexibility index (Phi) is 6.27. The number of benzene rings is 3. The summed E-state index contributed by atoms with van der Waals surface area (Å²) < 4.78 is 7.51. The molecule has 0 saturated carbocycles. The van der Waals surface area contributed by atoms with Crippen molar-refractivity contribution in [1.29, 1.82) is 0 Å². The van der Waals surface area contributed by atoms with E-state index in [0.717, 1.165) is 34.3 Å². The Morgan fingerprint density at radius 1 is 0.839 bits per heavy atom. The Hall–Kier alpha value is -3.66. The normalized spacial score (nSPS) is 10.9. The van der Waals surface area contributed by atoms with E-state index in [0.29, 0.717) is 12.0 Å². The minimum Gasteiger partial charge on any atom is -0.457 e. The lowest BCUT2D eigenvalue weighted by Gasteiger charge is -2.11. The molecule has 4 aromatic rings. The Morgan fingerprint density at radius 2 is 1.48 bits per heavy atom. The van der Waals surface area contributed by atoms with Crippen LogP contribution in [-0.2, 0) is 22.5 Å². The first-order valence-corrected chi connectivity index (χ1v) is 10.6. The number of aromatic nitrogens is 1. The molecule has 31 heavy (non-hydrogen) atoms. The molecule has 0 aliphatic carbocycles. The maximum absolute atomic E-state index is 13.3. The van der Waals surface area contributed by atoms with Gasteiger partial charge in [0.15, 0.2) is 6.61 Å². The summed E-state index contributed by atoms with van der Waals surface area (Å²) >= 11 is 0. The zero-order valence-electron chi connectivity index (χ0n) is 17.6. The predicted molar refractivity (Wildman–Crippen MR) is 123 cm³/mol. The van der Waals surface area contributed by atoms with Gasteiger partial charge in [-0.25, -0.2) is 0 Å². The monoisotopic (exact) mass is 411 g/mol. The van der Waals surface area contributed by atoms with Gasteiger partial charge in [0.05, 0.1) is 11.3 Å². The van der Waals surface area contributed by atoms with E-state index >= 15 is 0 Å². The Labute approximate surface area is 182 Å². The van der Waals surface area contributed by atoms with Crippen LogP contribution in [0.4, 0.5) is 0 Å². The molecule has 0 saturated heterocycles. The number of para-hydroxylation sites is 1. The van der Waals surface area contributed by atoms with Gasteiger partial charge in [-0.15, -0.1) is 0 Å². The first kappa shape index (κ1) is 20.6. The molecule has 1 heterocycles. The summed E-state index contributed by atoms with van der Waals surface area (Å²) in [4.78, 5) is 25.5. The number of carbonyl (C=O) groups is 2. The van der Waals surface area contributed by atoms with E-state index in [1.54, 1.807) is 0 Å². The fourth-order valence-corrected chi connectivity index (χ4v) is 3.99. The van der Waals surface area contributed by atoms with Crippen molar-refractivity contribution in [2.24, 2.45) is 0 Å². The van der Waals surface area contributed by atoms with Crippen molar-refractivity contribution in [1.82, 2.24) is 4.57 Å². The predicted octanol–water partition coefficient (Wildman–Crippen LogP) is 5.69. The van der Waals surface area contributed by atoms with Gasteiger partial charge in [-0.1, -0.05) is 78.9 Å². The Bertz CT molecular complexity index is 1190. The number of ketones is 1. The molecule has 0 radical (unpaired) electrons. The number of rotatable bonds is 8. The third-order valence-corrected chi connectivity index (χ3v) is 5.44. The van der Waals surface area contributed by atoms with E-state index < -0.39 is 0 Å². The minimum absolute atomic E-state index is 0.185. The number of fused-ring (bicyclic) bond motifs is 1. The highest BCUT2D eigenvalue weighted by Crippen LogP contribution is 2.34. The number of esters is 1. The van der Waals surface area contributed by atoms with Crippen LogP contribution in [0.5, 0.6) is 0 Å². The molecular weight excluding hydrogens is 386 g/mol. The van der Waals surface area contributed by atoms with Crippen molar-refractivity contribution in [3.8, 4) is 11.3 Å². The number of hydrogen-bond acceptors (Lipinski definition) is 3. The van der Waals surface area contributed by atoms with Gasteiger partial charge in [0, 0.05) is 23.9 Å². The van der Waals surface area contributed by atoms with E-state index in [4.69, 9.17) is 4.74 Å². The van der Waals surface area contributed by atoms with Crippen molar-refractivity contribution in [2.75, 3.05) is 6.61 Å². The first-order valence-electron chi connectivity index (χ1n) is 10.6. The Balaban J connectivity index is 1.58. The van der Waals surface area contributed by atoms with Crippen molar-refractivity contribution in [3.05, 3.63) is 96.1 Å². The maximum Gasteiger partial charge on any atom is 0.306 e. The summed E-state index contributed by atoms with van der Waals surface area (Å²) in [6.07, 6.45) is 0.845. The second kappa shape index (κ2) is 9.43. The van der Waals surface area contributed by atoms with Gasteiger partial charge in [-0.05, 0) is 30.5 Å². The van der Waals surface area contributed by atoms with E-state index in [1.165, 1.54) is 0 Å². The summed E-state index contributed by atoms with van der Waals surface area (Å²) in [5, 5.41) is 0.883. The molecule has 3 aromatic carbocycles. The SMILES string of the molecule is CCn1c(-c2ccccc2)c(C(=O)COC(=O)CCc2ccccc2)c2ccccc21. The van der Waals surface area contributed by atoms with Crippen LogP contribution in [0.15, 0.2) is 84.9 Å². The number of hydrogen-bond donors (Lipinski definition) is 0. The molecule has 0 bridgehead atoms. The van der Waals surface area contributed by atoms with Crippen LogP contribution in [0, 0.1) is 0 Å². The fourth-order valence-electron chi connectivity index (χ4n) is 3.99. The molecule has 4 rings (SSSR count). The highest BCUT2D eigenvalue weighted by molar-refractivity contribution is 6.14. The average Bonchev–Trinajstić information content (AvgIpc) is 3.17. The number of ether oxygens (including phenoxy) is 1. The zero-order chi connectivity index (χ0) is 21.6. The average molecular weight is 412 g/mol. The molecule has 0 atom stereocenters. The molecule has 0 unspecified atom stereocenters. The third-order valence-electron chi connectivity index (χ3n) is 5.44. The lowest BCUT2D eigenvalue weighted by Crippen LogP contribution is -2.15. The molecule has 0 amide bonds. The lowest BCUT2D eigenvalue weighted by molar-refractivity contribution is -0.142. The van der Waals surface area contributed by atoms with E-state index in [-0.39, 0.29) is 24.8 Å². The van der Waals surface area contributed by atoms with Crippen molar-refractivity contribution < 1.29 is 14.3 Å². The zero-order valence-corrected chi connectivity index (χ0v) is 17.6. The molecule has 0 aliphatic heterocycles. The standard InChI is InChI=1S/C27H25NO3/c1-2-28-23-16-10-9-15-22(23)26(27(28)21-13-7-4-8-14-21)24(29)19-31-25(30)18-17-20-11-5-3-6-12-20/h3-16H,2,17-19H2,1H3. The molecule has 0 aliphatic rings. The maximum atomic E-state index is 13.3. The molecule has 0 fully saturated rings. The van der Waals surface area contributed by atoms with Crippen LogP contribution in [-0.4, -0.2) is 22.9 Å². The summed E-state index contributed by atoms with van der Waals surface area (Å²) in [5.74, 6) is -0.548. The van der Waals surface area contributed by atoms with Gasteiger partial charge in [-0.2, -0.15) is 0 Å². The van der Waals surface area contributed by atoms with Crippen LogP contribution < -0.4 is 0 Å². The summed E-state index contributed by atoms with van der Waals surface area (Å²) in [7, 11) is 0. The van der Waals surface area contributed by atoms with Gasteiger partial charge in [0.2, 0.25) is 5.78 Å². The lowest BCUT2D eigenvalue weighted by atomic mass is 10.0. The topological polar surface area (TPSA) is 48.3 Å². The largest absolute Gasteiger partial charge is 0.457 e. The highest BCUT2D eigenvalue weighted by Gasteiger charge is 2.23. The van der Waals surface area contributed by atoms with Crippen LogP contribution >= 0.6 is 0 Å². The van der Waals surface area contributed by atoms with Crippen LogP contribution in [0.3, 0.4) is 0 Å². The molecule has 0 N–H and O–H groups in total. The molecule has 4 nitrogen and oxygen atoms in total. The first-order chi connectivity index (χ1) is 15.2. The van der Waals surface area contributed by atoms with Gasteiger partial charge < -0.3 is 9.30 Å². The number of aryl methyl sites for hydroxylation is 2. The summed E-state index contributed by atoms with van der Waals surface area (Å²) in [6.45, 7) is 2.54. The minimum atomic E-state index is -0.363. The number of carbonyl (C=O) groups excluding carboxylic acids is 2. The Morgan fingerprint density at radius 3 is 2.19 bits per heavy atom. The van der Waals surface area contributed by atoms with Crippen molar-refractivity contribution >= 4 is 22.7 Å². The quantitative estimate of drug-likeness (QED) is 0.277.